The first kappa shape index (κ1) is 21.1. The fourth-order valence-electron chi connectivity index (χ4n) is 4.72. The molecular weight excluding hydrogens is 396 g/mol. The van der Waals surface area contributed by atoms with Gasteiger partial charge in [-0.2, -0.15) is 0 Å². The van der Waals surface area contributed by atoms with Crippen LogP contribution >= 0.6 is 0 Å². The Labute approximate surface area is 181 Å². The summed E-state index contributed by atoms with van der Waals surface area (Å²) in [5.41, 5.74) is 1.49. The van der Waals surface area contributed by atoms with E-state index in [1.54, 1.807) is 11.5 Å². The first-order valence-corrected chi connectivity index (χ1v) is 10.6. The summed E-state index contributed by atoms with van der Waals surface area (Å²) in [4.78, 5) is 45.2. The van der Waals surface area contributed by atoms with Crippen molar-refractivity contribution in [2.45, 2.75) is 64.6 Å². The van der Waals surface area contributed by atoms with Gasteiger partial charge in [-0.15, -0.1) is 0 Å². The van der Waals surface area contributed by atoms with Crippen LogP contribution < -0.4 is 10.2 Å². The van der Waals surface area contributed by atoms with Crippen molar-refractivity contribution in [2.75, 3.05) is 12.0 Å². The van der Waals surface area contributed by atoms with Crippen molar-refractivity contribution in [1.29, 1.82) is 0 Å². The molecule has 2 heterocycles. The number of ether oxygens (including phenoxy) is 1. The molecule has 0 bridgehead atoms. The summed E-state index contributed by atoms with van der Waals surface area (Å²) < 4.78 is 6.40. The second kappa shape index (κ2) is 7.83. The van der Waals surface area contributed by atoms with E-state index in [0.29, 0.717) is 5.69 Å². The second-order valence-corrected chi connectivity index (χ2v) is 8.72. The maximum absolute atomic E-state index is 13.8. The van der Waals surface area contributed by atoms with Gasteiger partial charge in [0.15, 0.2) is 5.69 Å². The van der Waals surface area contributed by atoms with Crippen LogP contribution in [0, 0.1) is 13.8 Å². The predicted molar refractivity (Wildman–Crippen MR) is 115 cm³/mol. The zero-order chi connectivity index (χ0) is 22.3. The minimum atomic E-state index is -1.18. The molecule has 8 heteroatoms. The number of rotatable bonds is 4. The summed E-state index contributed by atoms with van der Waals surface area (Å²) in [5, 5.41) is 3.15. The molecule has 1 aromatic heterocycles. The topological polar surface area (TPSA) is 93.5 Å². The minimum Gasteiger partial charge on any atom is -0.464 e. The lowest BCUT2D eigenvalue weighted by atomic mass is 9.92. The number of hydrogen-bond donors (Lipinski definition) is 1. The summed E-state index contributed by atoms with van der Waals surface area (Å²) in [6, 6.07) is 5.87. The molecule has 2 amide bonds. The molecule has 1 atom stereocenters. The number of aromatic nitrogens is 2. The monoisotopic (exact) mass is 424 g/mol. The third-order valence-corrected chi connectivity index (χ3v) is 6.37. The van der Waals surface area contributed by atoms with Gasteiger partial charge in [-0.05, 0) is 45.2 Å². The molecule has 1 N–H and O–H groups in total. The van der Waals surface area contributed by atoms with Crippen LogP contribution in [0.15, 0.2) is 24.5 Å². The van der Waals surface area contributed by atoms with Crippen molar-refractivity contribution in [3.8, 4) is 0 Å². The number of benzene rings is 1. The molecule has 4 rings (SSSR count). The number of fused-ring (bicyclic) bond motifs is 1. The van der Waals surface area contributed by atoms with Gasteiger partial charge in [-0.1, -0.05) is 30.5 Å². The van der Waals surface area contributed by atoms with Gasteiger partial charge >= 0.3 is 5.97 Å². The highest BCUT2D eigenvalue weighted by Crippen LogP contribution is 2.36. The molecule has 1 aliphatic heterocycles. The van der Waals surface area contributed by atoms with E-state index in [-0.39, 0.29) is 29.9 Å². The number of methoxy groups -OCH3 is 1. The summed E-state index contributed by atoms with van der Waals surface area (Å²) in [7, 11) is 1.25. The second-order valence-electron chi connectivity index (χ2n) is 8.72. The molecule has 1 saturated carbocycles. The van der Waals surface area contributed by atoms with Crippen molar-refractivity contribution in [1.82, 2.24) is 14.9 Å². The molecule has 8 nitrogen and oxygen atoms in total. The lowest BCUT2D eigenvalue weighted by molar-refractivity contribution is -0.127. The summed E-state index contributed by atoms with van der Waals surface area (Å²) in [6.45, 7) is 5.85. The number of nitrogens with zero attached hydrogens (tertiary/aromatic N) is 3. The summed E-state index contributed by atoms with van der Waals surface area (Å²) in [5.74, 6) is -1.33. The van der Waals surface area contributed by atoms with Gasteiger partial charge in [0.1, 0.15) is 11.2 Å². The highest BCUT2D eigenvalue weighted by Gasteiger charge is 2.50. The van der Waals surface area contributed by atoms with Gasteiger partial charge < -0.3 is 14.6 Å². The van der Waals surface area contributed by atoms with Gasteiger partial charge in [0.05, 0.1) is 20.0 Å². The van der Waals surface area contributed by atoms with Crippen molar-refractivity contribution < 1.29 is 19.1 Å². The highest BCUT2D eigenvalue weighted by atomic mass is 16.5. The molecule has 0 spiro atoms. The van der Waals surface area contributed by atoms with E-state index in [4.69, 9.17) is 4.74 Å². The standard InChI is InChI=1S/C23H28N4O4/c1-14-9-10-17(15(2)11-14)27-20(28)19-18(21(29)31-4)24-13-26(19)12-23(27,3)22(30)25-16-7-5-6-8-16/h9-11,13,16H,5-8,12H2,1-4H3,(H,25,30)/t23-/m0/s1. The Kier molecular flexibility index (Phi) is 5.33. The van der Waals surface area contributed by atoms with Gasteiger partial charge in [-0.25, -0.2) is 9.78 Å². The van der Waals surface area contributed by atoms with Crippen LogP contribution in [0.25, 0.3) is 0 Å². The lowest BCUT2D eigenvalue weighted by Crippen LogP contribution is -2.65. The van der Waals surface area contributed by atoms with E-state index in [9.17, 15) is 14.4 Å². The van der Waals surface area contributed by atoms with Crippen LogP contribution in [0.1, 0.15) is 64.7 Å². The van der Waals surface area contributed by atoms with Crippen LogP contribution in [0.3, 0.4) is 0 Å². The number of esters is 1. The average Bonchev–Trinajstić information content (AvgIpc) is 3.38. The number of anilines is 1. The zero-order valence-corrected chi connectivity index (χ0v) is 18.4. The quantitative estimate of drug-likeness (QED) is 0.762. The van der Waals surface area contributed by atoms with Crippen LogP contribution in [-0.4, -0.2) is 46.0 Å². The van der Waals surface area contributed by atoms with Crippen LogP contribution in [0.5, 0.6) is 0 Å². The van der Waals surface area contributed by atoms with Crippen LogP contribution in [0.4, 0.5) is 5.69 Å². The Morgan fingerprint density at radius 3 is 2.58 bits per heavy atom. The number of aryl methyl sites for hydroxylation is 2. The van der Waals surface area contributed by atoms with Crippen molar-refractivity contribution in [3.05, 3.63) is 47.0 Å². The largest absolute Gasteiger partial charge is 0.464 e. The third kappa shape index (κ3) is 3.49. The molecule has 2 aliphatic rings. The molecule has 0 unspecified atom stereocenters. The fraction of sp³-hybridized carbons (Fsp3) is 0.478. The van der Waals surface area contributed by atoms with Crippen molar-refractivity contribution >= 4 is 23.5 Å². The lowest BCUT2D eigenvalue weighted by Gasteiger charge is -2.44. The van der Waals surface area contributed by atoms with E-state index < -0.39 is 17.4 Å². The molecule has 164 valence electrons. The summed E-state index contributed by atoms with van der Waals surface area (Å²) in [6.07, 6.45) is 5.51. The zero-order valence-electron chi connectivity index (χ0n) is 18.4. The number of carbonyl (C=O) groups excluding carboxylic acids is 3. The molecular formula is C23H28N4O4. The molecule has 1 fully saturated rings. The van der Waals surface area contributed by atoms with E-state index >= 15 is 0 Å². The molecule has 0 saturated heterocycles. The normalized spacial score (nSPS) is 21.2. The molecule has 1 aromatic carbocycles. The maximum Gasteiger partial charge on any atom is 0.359 e. The Morgan fingerprint density at radius 1 is 1.23 bits per heavy atom. The molecule has 2 aromatic rings. The SMILES string of the molecule is COC(=O)c1ncn2c1C(=O)N(c1ccc(C)cc1C)[C@](C)(C(=O)NC1CCCC1)C2. The van der Waals surface area contributed by atoms with Gasteiger partial charge in [0, 0.05) is 11.7 Å². The van der Waals surface area contributed by atoms with E-state index in [0.717, 1.165) is 36.8 Å². The maximum atomic E-state index is 13.8. The number of hydrogen-bond acceptors (Lipinski definition) is 5. The Hall–Kier alpha value is -3.16. The van der Waals surface area contributed by atoms with Crippen LogP contribution in [0.2, 0.25) is 0 Å². The van der Waals surface area contributed by atoms with Crippen LogP contribution in [-0.2, 0) is 16.1 Å². The van der Waals surface area contributed by atoms with E-state index in [1.165, 1.54) is 18.3 Å². The fourth-order valence-corrected chi connectivity index (χ4v) is 4.72. The Bertz CT molecular complexity index is 1050. The van der Waals surface area contributed by atoms with Gasteiger partial charge in [0.2, 0.25) is 5.91 Å². The van der Waals surface area contributed by atoms with Crippen molar-refractivity contribution in [3.63, 3.8) is 0 Å². The average molecular weight is 425 g/mol. The van der Waals surface area contributed by atoms with E-state index in [2.05, 4.69) is 10.3 Å². The third-order valence-electron chi connectivity index (χ3n) is 6.37. The minimum absolute atomic E-state index is 0.0412. The van der Waals surface area contributed by atoms with Gasteiger partial charge in [-0.3, -0.25) is 14.5 Å². The number of amides is 2. The van der Waals surface area contributed by atoms with Gasteiger partial charge in [0.25, 0.3) is 5.91 Å². The predicted octanol–water partition coefficient (Wildman–Crippen LogP) is 2.76. The number of nitrogens with one attached hydrogen (secondary N) is 1. The smallest absolute Gasteiger partial charge is 0.359 e. The Balaban J connectivity index is 1.83. The Morgan fingerprint density at radius 2 is 1.94 bits per heavy atom. The highest BCUT2D eigenvalue weighted by molar-refractivity contribution is 6.15. The first-order chi connectivity index (χ1) is 14.8. The molecule has 31 heavy (non-hydrogen) atoms. The van der Waals surface area contributed by atoms with Crippen molar-refractivity contribution in [2.24, 2.45) is 0 Å². The number of imidazole rings is 1. The summed E-state index contributed by atoms with van der Waals surface area (Å²) >= 11 is 0. The number of carbonyl (C=O) groups is 3. The first-order valence-electron chi connectivity index (χ1n) is 10.6. The molecule has 1 aliphatic carbocycles. The molecule has 0 radical (unpaired) electrons. The van der Waals surface area contributed by atoms with E-state index in [1.807, 2.05) is 32.0 Å².